The molecule has 0 bridgehead atoms. The van der Waals surface area contributed by atoms with Crippen LogP contribution in [0.3, 0.4) is 0 Å². The summed E-state index contributed by atoms with van der Waals surface area (Å²) in [5.74, 6) is 0.0394. The lowest BCUT2D eigenvalue weighted by molar-refractivity contribution is -0.161. The summed E-state index contributed by atoms with van der Waals surface area (Å²) in [6, 6.07) is 0. The van der Waals surface area contributed by atoms with Crippen molar-refractivity contribution in [3.63, 3.8) is 0 Å². The number of ether oxygens (including phenoxy) is 4. The molecule has 0 amide bonds. The number of carbonyl (C=O) groups is 4. The fraction of sp³-hybridized carbons (Fsp3) is 0.884. The Balaban J connectivity index is 5.29. The molecule has 17 nitrogen and oxygen atoms in total. The third kappa shape index (κ3) is 59.8. The van der Waals surface area contributed by atoms with E-state index in [1.807, 2.05) is 0 Å². The fourth-order valence-electron chi connectivity index (χ4n) is 9.76. The van der Waals surface area contributed by atoms with E-state index in [4.69, 9.17) is 37.0 Å². The number of hydrogen-bond acceptors (Lipinski definition) is 15. The number of phosphoric acid groups is 2. The highest BCUT2D eigenvalue weighted by molar-refractivity contribution is 7.47. The van der Waals surface area contributed by atoms with Crippen LogP contribution in [-0.2, 0) is 65.4 Å². The second-order valence-corrected chi connectivity index (χ2v) is 28.1. The average Bonchev–Trinajstić information content (AvgIpc) is 3.62. The van der Waals surface area contributed by atoms with Crippen LogP contribution in [0.5, 0.6) is 0 Å². The standard InChI is InChI=1S/C69H130O17P2/c1-8-11-12-13-14-15-16-17-18-19-20-25-28-38-45-52-68(73)85-64(56-79-66(71)50-43-36-27-24-22-21-23-26-34-41-48-61(6)9-2)58-83-87(75,76)81-54-63(70)55-82-88(77,78)84-59-65(86-69(74)53-46-39-31-29-33-40-47-60(4)5)57-80-67(72)51-44-37-32-30-35-42-49-62(7)10-3/h15-18,60-65,70H,8-14,19-59H2,1-7H3,(H,75,76)(H,77,78)/b16-15-,18-17-/t61?,62?,63-,64-,65-/m1/s1. The Morgan fingerprint density at radius 3 is 1.01 bits per heavy atom. The van der Waals surface area contributed by atoms with Gasteiger partial charge in [0.1, 0.15) is 19.3 Å². The number of esters is 4. The van der Waals surface area contributed by atoms with Crippen LogP contribution in [0, 0.1) is 17.8 Å². The molecule has 88 heavy (non-hydrogen) atoms. The monoisotopic (exact) mass is 1290 g/mol. The maximum Gasteiger partial charge on any atom is 0.472 e. The SMILES string of the molecule is CCCCCC/C=C\C=C/CCCCCCCC(=O)O[C@H](COC(=O)CCCCCCCCCCCCC(C)CC)COP(=O)(O)OC[C@@H](O)COP(=O)(O)OC[C@@H](COC(=O)CCCCCCCCC(C)CC)OC(=O)CCCCCCCCC(C)C. The molecule has 0 aromatic carbocycles. The minimum atomic E-state index is -4.96. The molecule has 0 spiro atoms. The molecule has 518 valence electrons. The van der Waals surface area contributed by atoms with Crippen molar-refractivity contribution in [2.45, 2.75) is 336 Å². The van der Waals surface area contributed by atoms with Crippen LogP contribution >= 0.6 is 15.6 Å². The molecule has 0 aliphatic carbocycles. The Kier molecular flexibility index (Phi) is 57.9. The van der Waals surface area contributed by atoms with Crippen LogP contribution in [0.25, 0.3) is 0 Å². The number of allylic oxidation sites excluding steroid dienone is 4. The molecule has 19 heteroatoms. The van der Waals surface area contributed by atoms with Gasteiger partial charge in [-0.25, -0.2) is 9.13 Å². The van der Waals surface area contributed by atoms with Gasteiger partial charge in [0.2, 0.25) is 0 Å². The first kappa shape index (κ1) is 85.5. The number of phosphoric ester groups is 2. The molecule has 0 heterocycles. The maximum absolute atomic E-state index is 13.0. The quantitative estimate of drug-likeness (QED) is 0.0169. The molecule has 0 fully saturated rings. The minimum absolute atomic E-state index is 0.0841. The lowest BCUT2D eigenvalue weighted by Crippen LogP contribution is -2.30. The fourth-order valence-corrected chi connectivity index (χ4v) is 11.3. The highest BCUT2D eigenvalue weighted by Crippen LogP contribution is 2.45. The average molecular weight is 1290 g/mol. The van der Waals surface area contributed by atoms with Crippen LogP contribution in [0.15, 0.2) is 24.3 Å². The van der Waals surface area contributed by atoms with Gasteiger partial charge in [-0.3, -0.25) is 37.3 Å². The molecule has 0 saturated heterocycles. The summed E-state index contributed by atoms with van der Waals surface area (Å²) in [4.78, 5) is 72.4. The van der Waals surface area contributed by atoms with Crippen molar-refractivity contribution in [3.05, 3.63) is 24.3 Å². The highest BCUT2D eigenvalue weighted by atomic mass is 31.2. The van der Waals surface area contributed by atoms with Crippen molar-refractivity contribution in [3.8, 4) is 0 Å². The Labute approximate surface area is 535 Å². The van der Waals surface area contributed by atoms with Gasteiger partial charge in [-0.05, 0) is 69.1 Å². The van der Waals surface area contributed by atoms with Gasteiger partial charge < -0.3 is 33.8 Å². The van der Waals surface area contributed by atoms with Crippen molar-refractivity contribution in [2.24, 2.45) is 17.8 Å². The van der Waals surface area contributed by atoms with Gasteiger partial charge >= 0.3 is 39.5 Å². The minimum Gasteiger partial charge on any atom is -0.462 e. The number of rotatable bonds is 65. The van der Waals surface area contributed by atoms with E-state index in [0.29, 0.717) is 31.6 Å². The number of hydrogen-bond donors (Lipinski definition) is 3. The van der Waals surface area contributed by atoms with Crippen molar-refractivity contribution in [2.75, 3.05) is 39.6 Å². The van der Waals surface area contributed by atoms with E-state index in [1.165, 1.54) is 109 Å². The first-order valence-electron chi connectivity index (χ1n) is 35.2. The van der Waals surface area contributed by atoms with Gasteiger partial charge in [-0.1, -0.05) is 265 Å². The van der Waals surface area contributed by atoms with Crippen LogP contribution in [0.2, 0.25) is 0 Å². The Hall–Kier alpha value is -2.46. The summed E-state index contributed by atoms with van der Waals surface area (Å²) in [6.07, 6.45) is 45.4. The molecule has 0 aromatic heterocycles. The van der Waals surface area contributed by atoms with Crippen molar-refractivity contribution >= 4 is 39.5 Å². The van der Waals surface area contributed by atoms with Crippen LogP contribution in [0.4, 0.5) is 0 Å². The largest absolute Gasteiger partial charge is 0.472 e. The zero-order valence-electron chi connectivity index (χ0n) is 56.7. The summed E-state index contributed by atoms with van der Waals surface area (Å²) in [6.45, 7) is 11.7. The van der Waals surface area contributed by atoms with E-state index in [2.05, 4.69) is 72.8 Å². The topological polar surface area (TPSA) is 237 Å². The third-order valence-electron chi connectivity index (χ3n) is 16.0. The van der Waals surface area contributed by atoms with Crippen LogP contribution in [0.1, 0.15) is 318 Å². The molecular weight excluding hydrogens is 1160 g/mol. The number of aliphatic hydroxyl groups is 1. The second-order valence-electron chi connectivity index (χ2n) is 25.2. The summed E-state index contributed by atoms with van der Waals surface area (Å²) in [5, 5.41) is 10.6. The molecule has 4 unspecified atom stereocenters. The molecule has 0 aromatic rings. The van der Waals surface area contributed by atoms with Crippen molar-refractivity contribution < 1.29 is 80.2 Å². The predicted molar refractivity (Wildman–Crippen MR) is 354 cm³/mol. The third-order valence-corrected chi connectivity index (χ3v) is 17.9. The predicted octanol–water partition coefficient (Wildman–Crippen LogP) is 19.0. The zero-order valence-corrected chi connectivity index (χ0v) is 58.5. The number of carbonyl (C=O) groups excluding carboxylic acids is 4. The first-order valence-corrected chi connectivity index (χ1v) is 38.2. The Morgan fingerprint density at radius 1 is 0.375 bits per heavy atom. The van der Waals surface area contributed by atoms with E-state index >= 15 is 0 Å². The van der Waals surface area contributed by atoms with Crippen molar-refractivity contribution in [1.82, 2.24) is 0 Å². The Bertz CT molecular complexity index is 1830. The molecule has 3 N–H and O–H groups in total. The maximum atomic E-state index is 13.0. The van der Waals surface area contributed by atoms with Gasteiger partial charge in [-0.15, -0.1) is 0 Å². The molecular formula is C69H130O17P2. The summed E-state index contributed by atoms with van der Waals surface area (Å²) < 4.78 is 68.1. The molecule has 0 saturated carbocycles. The van der Waals surface area contributed by atoms with E-state index in [-0.39, 0.29) is 25.7 Å². The van der Waals surface area contributed by atoms with Gasteiger partial charge in [0.05, 0.1) is 26.4 Å². The zero-order chi connectivity index (χ0) is 65.2. The van der Waals surface area contributed by atoms with Crippen LogP contribution in [-0.4, -0.2) is 96.7 Å². The van der Waals surface area contributed by atoms with E-state index in [9.17, 15) is 43.2 Å². The summed E-state index contributed by atoms with van der Waals surface area (Å²) in [5.41, 5.74) is 0. The number of aliphatic hydroxyl groups excluding tert-OH is 1. The molecule has 7 atom stereocenters. The van der Waals surface area contributed by atoms with E-state index in [0.717, 1.165) is 121 Å². The highest BCUT2D eigenvalue weighted by Gasteiger charge is 2.30. The van der Waals surface area contributed by atoms with Gasteiger partial charge in [0, 0.05) is 25.7 Å². The van der Waals surface area contributed by atoms with Gasteiger partial charge in [-0.2, -0.15) is 0 Å². The molecule has 0 radical (unpaired) electrons. The first-order chi connectivity index (χ1) is 42.3. The summed E-state index contributed by atoms with van der Waals surface area (Å²) in [7, 11) is -9.91. The van der Waals surface area contributed by atoms with E-state index < -0.39 is 97.5 Å². The van der Waals surface area contributed by atoms with Crippen LogP contribution < -0.4 is 0 Å². The molecule has 0 aliphatic rings. The van der Waals surface area contributed by atoms with Gasteiger partial charge in [0.15, 0.2) is 12.2 Å². The lowest BCUT2D eigenvalue weighted by atomic mass is 9.99. The molecule has 0 rings (SSSR count). The van der Waals surface area contributed by atoms with Crippen molar-refractivity contribution in [1.29, 1.82) is 0 Å². The number of unbranched alkanes of at least 4 members (excludes halogenated alkanes) is 28. The smallest absolute Gasteiger partial charge is 0.462 e. The summed E-state index contributed by atoms with van der Waals surface area (Å²) >= 11 is 0. The lowest BCUT2D eigenvalue weighted by Gasteiger charge is -2.21. The normalized spacial score (nSPS) is 15.0. The van der Waals surface area contributed by atoms with E-state index in [1.54, 1.807) is 0 Å². The Morgan fingerprint density at radius 2 is 0.670 bits per heavy atom. The van der Waals surface area contributed by atoms with Gasteiger partial charge in [0.25, 0.3) is 0 Å². The second kappa shape index (κ2) is 59.5. The molecule has 0 aliphatic heterocycles.